The Morgan fingerprint density at radius 2 is 2.12 bits per heavy atom. The van der Waals surface area contributed by atoms with E-state index in [0.717, 1.165) is 13.1 Å². The summed E-state index contributed by atoms with van der Waals surface area (Å²) in [6, 6.07) is 3.56. The van der Waals surface area contributed by atoms with Crippen molar-refractivity contribution in [2.75, 3.05) is 23.7 Å². The maximum Gasteiger partial charge on any atom is 0.247 e. The van der Waals surface area contributed by atoms with E-state index in [1.807, 2.05) is 18.7 Å². The summed E-state index contributed by atoms with van der Waals surface area (Å²) < 4.78 is 1.49. The molecule has 17 heavy (non-hydrogen) atoms. The molecule has 0 spiro atoms. The molecular weight excluding hydrogens is 218 g/mol. The van der Waals surface area contributed by atoms with Crippen molar-refractivity contribution in [1.82, 2.24) is 25.0 Å². The normalized spacial score (nSPS) is 10.5. The summed E-state index contributed by atoms with van der Waals surface area (Å²) in [5, 5.41) is 12.1. The SMILES string of the molecule is CCN(CC)c1nc(N)n(-c2cccnn2)n1. The Kier molecular flexibility index (Phi) is 3.17. The smallest absolute Gasteiger partial charge is 0.247 e. The first-order chi connectivity index (χ1) is 8.26. The molecule has 0 amide bonds. The number of rotatable bonds is 4. The lowest BCUT2D eigenvalue weighted by Gasteiger charge is -2.15. The molecule has 2 rings (SSSR count). The molecule has 0 fully saturated rings. The first-order valence-electron chi connectivity index (χ1n) is 5.51. The summed E-state index contributed by atoms with van der Waals surface area (Å²) in [6.45, 7) is 5.76. The van der Waals surface area contributed by atoms with Gasteiger partial charge in [0.15, 0.2) is 5.82 Å². The Morgan fingerprint density at radius 3 is 2.71 bits per heavy atom. The zero-order chi connectivity index (χ0) is 12.3. The average molecular weight is 233 g/mol. The topological polar surface area (TPSA) is 85.8 Å². The van der Waals surface area contributed by atoms with Gasteiger partial charge in [-0.15, -0.1) is 10.2 Å². The lowest BCUT2D eigenvalue weighted by atomic mass is 10.5. The van der Waals surface area contributed by atoms with E-state index in [1.165, 1.54) is 4.68 Å². The minimum absolute atomic E-state index is 0.312. The Morgan fingerprint density at radius 1 is 1.35 bits per heavy atom. The van der Waals surface area contributed by atoms with Crippen LogP contribution in [0.3, 0.4) is 0 Å². The number of hydrogen-bond donors (Lipinski definition) is 1. The number of hydrogen-bond acceptors (Lipinski definition) is 6. The molecule has 0 aliphatic carbocycles. The molecule has 2 N–H and O–H groups in total. The molecule has 0 saturated heterocycles. The van der Waals surface area contributed by atoms with Gasteiger partial charge in [-0.3, -0.25) is 0 Å². The van der Waals surface area contributed by atoms with E-state index in [1.54, 1.807) is 18.3 Å². The van der Waals surface area contributed by atoms with Crippen LogP contribution in [0.25, 0.3) is 5.82 Å². The van der Waals surface area contributed by atoms with Crippen LogP contribution in [0.1, 0.15) is 13.8 Å². The van der Waals surface area contributed by atoms with Crippen LogP contribution in [0.2, 0.25) is 0 Å². The minimum Gasteiger partial charge on any atom is -0.368 e. The van der Waals surface area contributed by atoms with Gasteiger partial charge in [-0.25, -0.2) is 0 Å². The van der Waals surface area contributed by atoms with Crippen molar-refractivity contribution in [1.29, 1.82) is 0 Å². The van der Waals surface area contributed by atoms with Gasteiger partial charge in [-0.2, -0.15) is 14.8 Å². The second kappa shape index (κ2) is 4.77. The van der Waals surface area contributed by atoms with Crippen LogP contribution in [0.15, 0.2) is 18.3 Å². The second-order valence-corrected chi connectivity index (χ2v) is 3.44. The van der Waals surface area contributed by atoms with Gasteiger partial charge < -0.3 is 10.6 Å². The van der Waals surface area contributed by atoms with Gasteiger partial charge in [-0.05, 0) is 26.0 Å². The summed E-state index contributed by atoms with van der Waals surface area (Å²) in [5.41, 5.74) is 5.82. The van der Waals surface area contributed by atoms with Crippen LogP contribution in [-0.4, -0.2) is 38.1 Å². The third-order valence-electron chi connectivity index (χ3n) is 2.44. The molecule has 7 nitrogen and oxygen atoms in total. The lowest BCUT2D eigenvalue weighted by Crippen LogP contribution is -2.23. The van der Waals surface area contributed by atoms with Crippen molar-refractivity contribution < 1.29 is 0 Å². The summed E-state index contributed by atoms with van der Waals surface area (Å²) in [6.07, 6.45) is 1.60. The Bertz CT molecular complexity index is 475. The summed E-state index contributed by atoms with van der Waals surface area (Å²) in [5.74, 6) is 1.49. The molecule has 0 atom stereocenters. The standard InChI is InChI=1S/C10H15N7/c1-3-16(4-2)10-13-9(11)17(15-10)8-6-5-7-12-14-8/h5-7H,3-4H2,1-2H3,(H2,11,13,15). The van der Waals surface area contributed by atoms with Gasteiger partial charge in [-0.1, -0.05) is 0 Å². The van der Waals surface area contributed by atoms with Crippen molar-refractivity contribution in [3.8, 4) is 5.82 Å². The van der Waals surface area contributed by atoms with Gasteiger partial charge >= 0.3 is 0 Å². The predicted octanol–water partition coefficient (Wildman–Crippen LogP) is 0.486. The number of nitrogens with two attached hydrogens (primary N) is 1. The number of nitrogen functional groups attached to an aromatic ring is 1. The molecule has 90 valence electrons. The maximum atomic E-state index is 5.82. The third kappa shape index (κ3) is 2.17. The first kappa shape index (κ1) is 11.3. The molecule has 2 aromatic rings. The highest BCUT2D eigenvalue weighted by atomic mass is 15.5. The monoisotopic (exact) mass is 233 g/mol. The van der Waals surface area contributed by atoms with Gasteiger partial charge in [0.1, 0.15) is 0 Å². The second-order valence-electron chi connectivity index (χ2n) is 3.44. The van der Waals surface area contributed by atoms with E-state index in [0.29, 0.717) is 17.7 Å². The quantitative estimate of drug-likeness (QED) is 0.827. The van der Waals surface area contributed by atoms with Crippen LogP contribution in [0, 0.1) is 0 Å². The lowest BCUT2D eigenvalue weighted by molar-refractivity contribution is 0.783. The van der Waals surface area contributed by atoms with Gasteiger partial charge in [0, 0.05) is 19.3 Å². The van der Waals surface area contributed by atoms with E-state index in [-0.39, 0.29) is 0 Å². The summed E-state index contributed by atoms with van der Waals surface area (Å²) in [7, 11) is 0. The molecule has 0 bridgehead atoms. The van der Waals surface area contributed by atoms with Gasteiger partial charge in [0.2, 0.25) is 11.9 Å². The number of nitrogens with zero attached hydrogens (tertiary/aromatic N) is 6. The highest BCUT2D eigenvalue weighted by molar-refractivity contribution is 5.39. The van der Waals surface area contributed by atoms with Crippen LogP contribution in [0.5, 0.6) is 0 Å². The molecule has 0 saturated carbocycles. The summed E-state index contributed by atoms with van der Waals surface area (Å²) >= 11 is 0. The Labute approximate surface area is 99.3 Å². The highest BCUT2D eigenvalue weighted by Gasteiger charge is 2.13. The molecule has 0 aliphatic heterocycles. The molecule has 0 unspecified atom stereocenters. The van der Waals surface area contributed by atoms with Crippen LogP contribution < -0.4 is 10.6 Å². The molecule has 0 aromatic carbocycles. The Balaban J connectivity index is 2.37. The van der Waals surface area contributed by atoms with Crippen molar-refractivity contribution >= 4 is 11.9 Å². The molecule has 0 radical (unpaired) electrons. The van der Waals surface area contributed by atoms with E-state index in [4.69, 9.17) is 5.73 Å². The van der Waals surface area contributed by atoms with Crippen molar-refractivity contribution in [3.05, 3.63) is 18.3 Å². The predicted molar refractivity (Wildman–Crippen MR) is 64.9 cm³/mol. The Hall–Kier alpha value is -2.18. The van der Waals surface area contributed by atoms with Crippen LogP contribution >= 0.6 is 0 Å². The molecular formula is C10H15N7. The molecule has 0 aliphatic rings. The third-order valence-corrected chi connectivity index (χ3v) is 2.44. The van der Waals surface area contributed by atoms with Gasteiger partial charge in [0.05, 0.1) is 0 Å². The van der Waals surface area contributed by atoms with E-state index in [9.17, 15) is 0 Å². The number of anilines is 2. The molecule has 7 heteroatoms. The molecule has 2 heterocycles. The fourth-order valence-corrected chi connectivity index (χ4v) is 1.53. The first-order valence-corrected chi connectivity index (χ1v) is 5.51. The maximum absolute atomic E-state index is 5.82. The average Bonchev–Trinajstić information content (AvgIpc) is 2.74. The zero-order valence-electron chi connectivity index (χ0n) is 9.91. The number of aromatic nitrogens is 5. The zero-order valence-corrected chi connectivity index (χ0v) is 9.91. The highest BCUT2D eigenvalue weighted by Crippen LogP contribution is 2.13. The van der Waals surface area contributed by atoms with Gasteiger partial charge in [0.25, 0.3) is 0 Å². The van der Waals surface area contributed by atoms with Crippen molar-refractivity contribution in [3.63, 3.8) is 0 Å². The van der Waals surface area contributed by atoms with Crippen molar-refractivity contribution in [2.45, 2.75) is 13.8 Å². The fourth-order valence-electron chi connectivity index (χ4n) is 1.53. The van der Waals surface area contributed by atoms with E-state index >= 15 is 0 Å². The van der Waals surface area contributed by atoms with Crippen LogP contribution in [0.4, 0.5) is 11.9 Å². The van der Waals surface area contributed by atoms with E-state index in [2.05, 4.69) is 20.3 Å². The fraction of sp³-hybridized carbons (Fsp3) is 0.400. The minimum atomic E-state index is 0.312. The summed E-state index contributed by atoms with van der Waals surface area (Å²) in [4.78, 5) is 6.23. The van der Waals surface area contributed by atoms with Crippen molar-refractivity contribution in [2.24, 2.45) is 0 Å². The largest absolute Gasteiger partial charge is 0.368 e. The van der Waals surface area contributed by atoms with Crippen LogP contribution in [-0.2, 0) is 0 Å². The molecule has 2 aromatic heterocycles. The van der Waals surface area contributed by atoms with E-state index < -0.39 is 0 Å².